The van der Waals surface area contributed by atoms with Crippen LogP contribution in [-0.4, -0.2) is 32.6 Å². The summed E-state index contributed by atoms with van der Waals surface area (Å²) in [7, 11) is 0. The molecule has 0 spiro atoms. The molecule has 0 bridgehead atoms. The van der Waals surface area contributed by atoms with Gasteiger partial charge in [-0.1, -0.05) is 58.0 Å². The van der Waals surface area contributed by atoms with Gasteiger partial charge in [0.05, 0.1) is 5.25 Å². The van der Waals surface area contributed by atoms with Gasteiger partial charge in [0.25, 0.3) is 0 Å². The number of para-hydroxylation sites is 1. The zero-order valence-electron chi connectivity index (χ0n) is 15.4. The van der Waals surface area contributed by atoms with E-state index in [1.165, 1.54) is 22.0 Å². The van der Waals surface area contributed by atoms with Gasteiger partial charge in [-0.2, -0.15) is 0 Å². The van der Waals surface area contributed by atoms with E-state index in [4.69, 9.17) is 5.84 Å². The lowest BCUT2D eigenvalue weighted by atomic mass is 10.0. The third kappa shape index (κ3) is 3.54. The molecule has 144 valence electrons. The van der Waals surface area contributed by atoms with Crippen molar-refractivity contribution in [1.29, 1.82) is 0 Å². The van der Waals surface area contributed by atoms with Gasteiger partial charge in [-0.25, -0.2) is 4.68 Å². The number of fused-ring (bicyclic) bond motifs is 1. The highest BCUT2D eigenvalue weighted by molar-refractivity contribution is 9.10. The zero-order chi connectivity index (χ0) is 19.7. The molecule has 0 aliphatic carbocycles. The molecule has 3 aromatic rings. The molecule has 1 amide bonds. The van der Waals surface area contributed by atoms with Crippen molar-refractivity contribution in [2.75, 3.05) is 17.3 Å². The van der Waals surface area contributed by atoms with E-state index in [0.717, 1.165) is 35.1 Å². The van der Waals surface area contributed by atoms with Gasteiger partial charge in [-0.15, -0.1) is 10.2 Å². The average molecular weight is 458 g/mol. The van der Waals surface area contributed by atoms with Crippen molar-refractivity contribution in [2.24, 2.45) is 0 Å². The Bertz CT molecular complexity index is 1020. The number of anilines is 1. The summed E-state index contributed by atoms with van der Waals surface area (Å²) in [5, 5.41) is 8.61. The zero-order valence-corrected chi connectivity index (χ0v) is 17.8. The lowest BCUT2D eigenvalue weighted by Gasteiger charge is -2.31. The second kappa shape index (κ2) is 7.97. The van der Waals surface area contributed by atoms with Crippen molar-refractivity contribution in [1.82, 2.24) is 14.9 Å². The molecule has 1 aliphatic rings. The quantitative estimate of drug-likeness (QED) is 0.474. The predicted molar refractivity (Wildman–Crippen MR) is 116 cm³/mol. The molecule has 6 nitrogen and oxygen atoms in total. The smallest absolute Gasteiger partial charge is 0.240 e. The molecule has 1 unspecified atom stereocenters. The molecule has 2 N–H and O–H groups in total. The van der Waals surface area contributed by atoms with E-state index in [-0.39, 0.29) is 11.2 Å². The van der Waals surface area contributed by atoms with Gasteiger partial charge in [0.15, 0.2) is 5.82 Å². The maximum atomic E-state index is 13.1. The normalized spacial score (nSPS) is 14.6. The van der Waals surface area contributed by atoms with Crippen LogP contribution in [0, 0.1) is 0 Å². The Morgan fingerprint density at radius 3 is 2.75 bits per heavy atom. The maximum absolute atomic E-state index is 13.1. The molecule has 28 heavy (non-hydrogen) atoms. The van der Waals surface area contributed by atoms with E-state index < -0.39 is 0 Å². The molecule has 1 aromatic heterocycles. The van der Waals surface area contributed by atoms with E-state index in [0.29, 0.717) is 11.0 Å². The van der Waals surface area contributed by atoms with Crippen molar-refractivity contribution in [3.8, 4) is 11.4 Å². The SMILES string of the molecule is CC(Sc1nnc(-c2ccccc2Br)n1N)C(=O)N1CCCc2ccccc21. The van der Waals surface area contributed by atoms with E-state index in [2.05, 4.69) is 32.2 Å². The number of carbonyl (C=O) groups is 1. The molecule has 4 rings (SSSR count). The minimum absolute atomic E-state index is 0.0580. The van der Waals surface area contributed by atoms with Crippen LogP contribution in [0.5, 0.6) is 0 Å². The number of nitrogens with zero attached hydrogens (tertiary/aromatic N) is 4. The molecule has 1 atom stereocenters. The van der Waals surface area contributed by atoms with Crippen molar-refractivity contribution >= 4 is 39.3 Å². The van der Waals surface area contributed by atoms with Crippen LogP contribution in [0.1, 0.15) is 18.9 Å². The molecular formula is C20H20BrN5OS. The second-order valence-electron chi connectivity index (χ2n) is 6.64. The summed E-state index contributed by atoms with van der Waals surface area (Å²) in [6.07, 6.45) is 1.98. The van der Waals surface area contributed by atoms with Crippen LogP contribution in [0.3, 0.4) is 0 Å². The fraction of sp³-hybridized carbons (Fsp3) is 0.250. The van der Waals surface area contributed by atoms with E-state index >= 15 is 0 Å². The summed E-state index contributed by atoms with van der Waals surface area (Å²) in [6, 6.07) is 15.8. The molecule has 1 aliphatic heterocycles. The molecule has 2 heterocycles. The fourth-order valence-corrected chi connectivity index (χ4v) is 4.67. The fourth-order valence-electron chi connectivity index (χ4n) is 3.37. The Hall–Kier alpha value is -2.32. The number of nitrogens with two attached hydrogens (primary N) is 1. The van der Waals surface area contributed by atoms with Crippen LogP contribution in [0.4, 0.5) is 5.69 Å². The van der Waals surface area contributed by atoms with Gasteiger partial charge in [0.2, 0.25) is 11.1 Å². The van der Waals surface area contributed by atoms with Crippen LogP contribution < -0.4 is 10.7 Å². The van der Waals surface area contributed by atoms with Gasteiger partial charge in [0, 0.05) is 22.3 Å². The Morgan fingerprint density at radius 1 is 1.18 bits per heavy atom. The Kier molecular flexibility index (Phi) is 5.41. The molecule has 0 saturated heterocycles. The third-order valence-corrected chi connectivity index (χ3v) is 6.52. The lowest BCUT2D eigenvalue weighted by Crippen LogP contribution is -2.40. The van der Waals surface area contributed by atoms with E-state index in [1.807, 2.05) is 54.3 Å². The maximum Gasteiger partial charge on any atom is 0.240 e. The number of hydrogen-bond acceptors (Lipinski definition) is 5. The summed E-state index contributed by atoms with van der Waals surface area (Å²) in [6.45, 7) is 2.62. The molecule has 8 heteroatoms. The van der Waals surface area contributed by atoms with Crippen molar-refractivity contribution in [2.45, 2.75) is 30.2 Å². The van der Waals surface area contributed by atoms with Gasteiger partial charge in [-0.3, -0.25) is 4.79 Å². The monoisotopic (exact) mass is 457 g/mol. The predicted octanol–water partition coefficient (Wildman–Crippen LogP) is 3.88. The van der Waals surface area contributed by atoms with Crippen molar-refractivity contribution in [3.05, 3.63) is 58.6 Å². The number of thioether (sulfide) groups is 1. The summed E-state index contributed by atoms with van der Waals surface area (Å²) < 4.78 is 2.33. The number of hydrogen-bond donors (Lipinski definition) is 1. The topological polar surface area (TPSA) is 77.0 Å². The van der Waals surface area contributed by atoms with Gasteiger partial charge in [0.1, 0.15) is 0 Å². The Morgan fingerprint density at radius 2 is 1.93 bits per heavy atom. The molecule has 0 saturated carbocycles. The number of carbonyl (C=O) groups excluding carboxylic acids is 1. The van der Waals surface area contributed by atoms with Crippen LogP contribution in [-0.2, 0) is 11.2 Å². The lowest BCUT2D eigenvalue weighted by molar-refractivity contribution is -0.117. The summed E-state index contributed by atoms with van der Waals surface area (Å²) >= 11 is 4.84. The second-order valence-corrected chi connectivity index (χ2v) is 8.80. The molecule has 0 fully saturated rings. The average Bonchev–Trinajstić information content (AvgIpc) is 3.07. The highest BCUT2D eigenvalue weighted by atomic mass is 79.9. The van der Waals surface area contributed by atoms with Gasteiger partial charge < -0.3 is 10.7 Å². The first-order valence-corrected chi connectivity index (χ1v) is 10.7. The van der Waals surface area contributed by atoms with Crippen LogP contribution in [0.2, 0.25) is 0 Å². The van der Waals surface area contributed by atoms with Gasteiger partial charge >= 0.3 is 0 Å². The van der Waals surface area contributed by atoms with E-state index in [9.17, 15) is 4.79 Å². The highest BCUT2D eigenvalue weighted by Crippen LogP contribution is 2.32. The highest BCUT2D eigenvalue weighted by Gasteiger charge is 2.28. The Labute approximate surface area is 176 Å². The standard InChI is InChI=1S/C20H20BrN5OS/c1-13(19(27)25-12-6-8-14-7-2-5-11-17(14)25)28-20-24-23-18(26(20)22)15-9-3-4-10-16(15)21/h2-5,7,9-11,13H,6,8,12,22H2,1H3. The van der Waals surface area contributed by atoms with E-state index in [1.54, 1.807) is 0 Å². The first-order valence-electron chi connectivity index (χ1n) is 9.07. The number of halogens is 1. The summed E-state index contributed by atoms with van der Waals surface area (Å²) in [5.74, 6) is 6.84. The molecule has 0 radical (unpaired) electrons. The van der Waals surface area contributed by atoms with Crippen molar-refractivity contribution in [3.63, 3.8) is 0 Å². The van der Waals surface area contributed by atoms with Crippen LogP contribution in [0.25, 0.3) is 11.4 Å². The van der Waals surface area contributed by atoms with Gasteiger partial charge in [-0.05, 0) is 43.5 Å². The number of aryl methyl sites for hydroxylation is 1. The molecule has 2 aromatic carbocycles. The first-order chi connectivity index (χ1) is 13.6. The largest absolute Gasteiger partial charge is 0.335 e. The number of aromatic nitrogens is 3. The van der Waals surface area contributed by atoms with Crippen LogP contribution >= 0.6 is 27.7 Å². The number of nitrogen functional groups attached to an aromatic ring is 1. The number of benzene rings is 2. The van der Waals surface area contributed by atoms with Crippen molar-refractivity contribution < 1.29 is 4.79 Å². The minimum atomic E-state index is -0.329. The molecular weight excluding hydrogens is 438 g/mol. The third-order valence-electron chi connectivity index (χ3n) is 4.79. The summed E-state index contributed by atoms with van der Waals surface area (Å²) in [5.41, 5.74) is 3.08. The van der Waals surface area contributed by atoms with Crippen LogP contribution in [0.15, 0.2) is 58.2 Å². The Balaban J connectivity index is 1.54. The summed E-state index contributed by atoms with van der Waals surface area (Å²) in [4.78, 5) is 15.0. The number of amides is 1. The first kappa shape index (κ1) is 19.0. The number of rotatable bonds is 4. The minimum Gasteiger partial charge on any atom is -0.335 e.